The fraction of sp³-hybridized carbons (Fsp3) is 0.227. The summed E-state index contributed by atoms with van der Waals surface area (Å²) >= 11 is 0. The molecule has 0 unspecified atom stereocenters. The van der Waals surface area contributed by atoms with E-state index in [1.807, 2.05) is 12.1 Å². The first-order valence-electron chi connectivity index (χ1n) is 9.19. The first-order valence-corrected chi connectivity index (χ1v) is 9.19. The van der Waals surface area contributed by atoms with Crippen LogP contribution < -0.4 is 4.90 Å². The van der Waals surface area contributed by atoms with Gasteiger partial charge in [0, 0.05) is 24.8 Å². The van der Waals surface area contributed by atoms with Crippen LogP contribution in [0, 0.1) is 5.82 Å². The Hall–Kier alpha value is -3.08. The van der Waals surface area contributed by atoms with Crippen molar-refractivity contribution in [1.29, 1.82) is 0 Å². The number of aromatic nitrogens is 2. The molecule has 2 heterocycles. The molecule has 2 aromatic carbocycles. The number of Topliss-reactive ketones (excluding diaryl/α,β-unsaturated/α-hetero) is 1. The minimum Gasteiger partial charge on any atom is -0.310 e. The van der Waals surface area contributed by atoms with Crippen molar-refractivity contribution >= 4 is 17.4 Å². The number of benzene rings is 2. The van der Waals surface area contributed by atoms with Crippen LogP contribution in [0.3, 0.4) is 0 Å². The van der Waals surface area contributed by atoms with Crippen molar-refractivity contribution in [2.75, 3.05) is 11.4 Å². The molecule has 5 heteroatoms. The normalized spacial score (nSPS) is 18.3. The molecule has 0 bridgehead atoms. The van der Waals surface area contributed by atoms with E-state index in [4.69, 9.17) is 4.98 Å². The van der Waals surface area contributed by atoms with E-state index in [-0.39, 0.29) is 17.5 Å². The number of fused-ring (bicyclic) bond motifs is 2. The minimum atomic E-state index is -0.265. The number of halogens is 1. The zero-order chi connectivity index (χ0) is 18.4. The molecule has 5 rings (SSSR count). The van der Waals surface area contributed by atoms with E-state index in [0.29, 0.717) is 24.4 Å². The van der Waals surface area contributed by atoms with Crippen LogP contribution >= 0.6 is 0 Å². The highest BCUT2D eigenvalue weighted by Crippen LogP contribution is 2.35. The molecule has 134 valence electrons. The lowest BCUT2D eigenvalue weighted by atomic mass is 9.82. The van der Waals surface area contributed by atoms with E-state index in [9.17, 15) is 9.18 Å². The first-order chi connectivity index (χ1) is 13.2. The number of anilines is 2. The maximum Gasteiger partial charge on any atom is 0.230 e. The van der Waals surface area contributed by atoms with Crippen molar-refractivity contribution in [3.05, 3.63) is 82.9 Å². The molecule has 0 fully saturated rings. The molecule has 1 atom stereocenters. The molecule has 0 saturated carbocycles. The highest BCUT2D eigenvalue weighted by atomic mass is 19.1. The smallest absolute Gasteiger partial charge is 0.230 e. The Morgan fingerprint density at radius 3 is 2.70 bits per heavy atom. The number of rotatable bonds is 2. The predicted molar refractivity (Wildman–Crippen MR) is 101 cm³/mol. The van der Waals surface area contributed by atoms with Crippen molar-refractivity contribution in [3.63, 3.8) is 0 Å². The van der Waals surface area contributed by atoms with E-state index in [0.717, 1.165) is 29.9 Å². The van der Waals surface area contributed by atoms with Crippen LogP contribution in [0.25, 0.3) is 0 Å². The van der Waals surface area contributed by atoms with Crippen LogP contribution in [0.2, 0.25) is 0 Å². The van der Waals surface area contributed by atoms with Gasteiger partial charge in [-0.15, -0.1) is 0 Å². The van der Waals surface area contributed by atoms with E-state index in [1.165, 1.54) is 17.7 Å². The quantitative estimate of drug-likeness (QED) is 0.687. The Kier molecular flexibility index (Phi) is 3.74. The van der Waals surface area contributed by atoms with Gasteiger partial charge in [0.05, 0.1) is 11.3 Å². The Morgan fingerprint density at radius 1 is 1.04 bits per heavy atom. The number of para-hydroxylation sites is 1. The lowest BCUT2D eigenvalue weighted by Crippen LogP contribution is -2.23. The zero-order valence-electron chi connectivity index (χ0n) is 14.7. The average molecular weight is 359 g/mol. The molecule has 1 aromatic heterocycles. The van der Waals surface area contributed by atoms with Gasteiger partial charge in [0.2, 0.25) is 5.95 Å². The van der Waals surface area contributed by atoms with E-state index >= 15 is 0 Å². The topological polar surface area (TPSA) is 46.1 Å². The maximum absolute atomic E-state index is 13.2. The minimum absolute atomic E-state index is 0.0271. The van der Waals surface area contributed by atoms with Gasteiger partial charge in [-0.25, -0.2) is 14.4 Å². The molecule has 0 N–H and O–H groups in total. The molecule has 0 radical (unpaired) electrons. The van der Waals surface area contributed by atoms with Crippen LogP contribution in [0.5, 0.6) is 0 Å². The number of hydrogen-bond acceptors (Lipinski definition) is 4. The summed E-state index contributed by atoms with van der Waals surface area (Å²) in [6, 6.07) is 14.7. The van der Waals surface area contributed by atoms with E-state index in [1.54, 1.807) is 18.3 Å². The molecule has 0 amide bonds. The van der Waals surface area contributed by atoms with E-state index < -0.39 is 0 Å². The fourth-order valence-corrected chi connectivity index (χ4v) is 4.08. The number of hydrogen-bond donors (Lipinski definition) is 0. The lowest BCUT2D eigenvalue weighted by Gasteiger charge is -2.25. The average Bonchev–Trinajstić information content (AvgIpc) is 3.12. The second kappa shape index (κ2) is 6.27. The molecular weight excluding hydrogens is 341 g/mol. The van der Waals surface area contributed by atoms with Gasteiger partial charge in [0.25, 0.3) is 0 Å². The molecule has 1 aliphatic heterocycles. The lowest BCUT2D eigenvalue weighted by molar-refractivity contribution is 0.0962. The third-order valence-electron chi connectivity index (χ3n) is 5.50. The van der Waals surface area contributed by atoms with Gasteiger partial charge in [0.15, 0.2) is 5.78 Å². The Bertz CT molecular complexity index is 1030. The van der Waals surface area contributed by atoms with E-state index in [2.05, 4.69) is 22.0 Å². The van der Waals surface area contributed by atoms with Crippen molar-refractivity contribution < 1.29 is 9.18 Å². The monoisotopic (exact) mass is 359 g/mol. The molecule has 3 aromatic rings. The van der Waals surface area contributed by atoms with Gasteiger partial charge in [-0.1, -0.05) is 30.3 Å². The third kappa shape index (κ3) is 2.79. The van der Waals surface area contributed by atoms with Crippen LogP contribution in [0.15, 0.2) is 54.7 Å². The second-order valence-corrected chi connectivity index (χ2v) is 7.14. The molecule has 2 aliphatic rings. The van der Waals surface area contributed by atoms with Crippen molar-refractivity contribution in [1.82, 2.24) is 9.97 Å². The van der Waals surface area contributed by atoms with Gasteiger partial charge in [-0.05, 0) is 48.1 Å². The number of ketones is 1. The van der Waals surface area contributed by atoms with Gasteiger partial charge in [0.1, 0.15) is 5.82 Å². The van der Waals surface area contributed by atoms with Crippen molar-refractivity contribution in [2.24, 2.45) is 0 Å². The summed E-state index contributed by atoms with van der Waals surface area (Å²) in [5, 5.41) is 0. The second-order valence-electron chi connectivity index (χ2n) is 7.14. The zero-order valence-corrected chi connectivity index (χ0v) is 14.7. The van der Waals surface area contributed by atoms with Crippen LogP contribution in [0.4, 0.5) is 16.0 Å². The summed E-state index contributed by atoms with van der Waals surface area (Å²) in [6.07, 6.45) is 3.71. The molecule has 4 nitrogen and oxygen atoms in total. The third-order valence-corrected chi connectivity index (χ3v) is 5.50. The SMILES string of the molecule is O=C1C[C@H](c2ccc(F)cc2)Cc2nc(N3CCc4ccccc43)ncc21. The largest absolute Gasteiger partial charge is 0.310 e. The van der Waals surface area contributed by atoms with Gasteiger partial charge >= 0.3 is 0 Å². The summed E-state index contributed by atoms with van der Waals surface area (Å²) in [7, 11) is 0. The number of carbonyl (C=O) groups excluding carboxylic acids is 1. The summed E-state index contributed by atoms with van der Waals surface area (Å²) in [4.78, 5) is 23.9. The fourth-order valence-electron chi connectivity index (χ4n) is 4.08. The van der Waals surface area contributed by atoms with Gasteiger partial charge in [-0.3, -0.25) is 4.79 Å². The number of nitrogens with zero attached hydrogens (tertiary/aromatic N) is 3. The highest BCUT2D eigenvalue weighted by Gasteiger charge is 2.30. The molecule has 0 saturated heterocycles. The highest BCUT2D eigenvalue weighted by molar-refractivity contribution is 5.98. The maximum atomic E-state index is 13.2. The summed E-state index contributed by atoms with van der Waals surface area (Å²) < 4.78 is 13.2. The Morgan fingerprint density at radius 2 is 1.85 bits per heavy atom. The molecule has 27 heavy (non-hydrogen) atoms. The molecule has 0 spiro atoms. The first kappa shape index (κ1) is 16.1. The van der Waals surface area contributed by atoms with Gasteiger partial charge < -0.3 is 4.90 Å². The van der Waals surface area contributed by atoms with Crippen LogP contribution in [-0.2, 0) is 12.8 Å². The van der Waals surface area contributed by atoms with Crippen LogP contribution in [0.1, 0.15) is 39.5 Å². The van der Waals surface area contributed by atoms with Crippen LogP contribution in [-0.4, -0.2) is 22.3 Å². The van der Waals surface area contributed by atoms with Crippen molar-refractivity contribution in [2.45, 2.75) is 25.2 Å². The number of carbonyl (C=O) groups is 1. The summed E-state index contributed by atoms with van der Waals surface area (Å²) in [5.41, 5.74) is 4.80. The van der Waals surface area contributed by atoms with Gasteiger partial charge in [-0.2, -0.15) is 0 Å². The summed E-state index contributed by atoms with van der Waals surface area (Å²) in [5.74, 6) is 0.461. The predicted octanol–water partition coefficient (Wildman–Crippen LogP) is 4.22. The Labute approximate surface area is 156 Å². The summed E-state index contributed by atoms with van der Waals surface area (Å²) in [6.45, 7) is 0.841. The Balaban J connectivity index is 1.49. The molecule has 1 aliphatic carbocycles. The standard InChI is InChI=1S/C22H18FN3O/c23-17-7-5-14(6-8-17)16-11-19-18(21(27)12-16)13-24-22(25-19)26-10-9-15-3-1-2-4-20(15)26/h1-8,13,16H,9-12H2/t16-/m1/s1. The van der Waals surface area contributed by atoms with Crippen molar-refractivity contribution in [3.8, 4) is 0 Å². The molecular formula is C22H18FN3O.